The minimum absolute atomic E-state index is 0.242. The molecule has 0 spiro atoms. The van der Waals surface area contributed by atoms with E-state index in [1.807, 2.05) is 31.2 Å². The van der Waals surface area contributed by atoms with E-state index < -0.39 is 12.1 Å². The number of fused-ring (bicyclic) bond motifs is 1. The van der Waals surface area contributed by atoms with E-state index in [1.54, 1.807) is 12.1 Å². The van der Waals surface area contributed by atoms with Gasteiger partial charge in [-0.2, -0.15) is 0 Å². The number of rotatable bonds is 4. The van der Waals surface area contributed by atoms with Crippen molar-refractivity contribution in [1.82, 2.24) is 0 Å². The molecule has 3 heteroatoms. The fourth-order valence-electron chi connectivity index (χ4n) is 2.28. The maximum Gasteiger partial charge on any atom is 0.123 e. The summed E-state index contributed by atoms with van der Waals surface area (Å²) in [4.78, 5) is 0. The van der Waals surface area contributed by atoms with Crippen molar-refractivity contribution >= 4 is 10.8 Å². The Morgan fingerprint density at radius 1 is 1.11 bits per heavy atom. The highest BCUT2D eigenvalue weighted by Gasteiger charge is 2.18. The SMILES string of the molecule is CCC[C@H](O)[C@H](N)c1ccc(O)c2ccccc12. The minimum Gasteiger partial charge on any atom is -0.507 e. The first-order valence-corrected chi connectivity index (χ1v) is 6.29. The predicted octanol–water partition coefficient (Wildman–Crippen LogP) is 2.71. The Labute approximate surface area is 107 Å². The summed E-state index contributed by atoms with van der Waals surface area (Å²) in [5.41, 5.74) is 6.99. The molecule has 0 radical (unpaired) electrons. The summed E-state index contributed by atoms with van der Waals surface area (Å²) in [6.45, 7) is 2.02. The van der Waals surface area contributed by atoms with Crippen molar-refractivity contribution in [1.29, 1.82) is 0 Å². The first-order chi connectivity index (χ1) is 8.65. The zero-order valence-electron chi connectivity index (χ0n) is 10.5. The molecular formula is C15H19NO2. The van der Waals surface area contributed by atoms with Gasteiger partial charge in [0.15, 0.2) is 0 Å². The van der Waals surface area contributed by atoms with Crippen molar-refractivity contribution in [2.24, 2.45) is 5.73 Å². The molecule has 0 aliphatic heterocycles. The summed E-state index contributed by atoms with van der Waals surface area (Å²) < 4.78 is 0. The molecule has 2 aromatic rings. The lowest BCUT2D eigenvalue weighted by Crippen LogP contribution is -2.26. The fraction of sp³-hybridized carbons (Fsp3) is 0.333. The van der Waals surface area contributed by atoms with Gasteiger partial charge in [0.1, 0.15) is 5.75 Å². The molecule has 0 unspecified atom stereocenters. The summed E-state index contributed by atoms with van der Waals surface area (Å²) in [6, 6.07) is 10.6. The van der Waals surface area contributed by atoms with Gasteiger partial charge in [0.25, 0.3) is 0 Å². The van der Waals surface area contributed by atoms with Crippen molar-refractivity contribution in [2.75, 3.05) is 0 Å². The maximum atomic E-state index is 10.0. The van der Waals surface area contributed by atoms with Crippen LogP contribution in [0, 0.1) is 0 Å². The highest BCUT2D eigenvalue weighted by Crippen LogP contribution is 2.31. The Hall–Kier alpha value is -1.58. The predicted molar refractivity (Wildman–Crippen MR) is 73.5 cm³/mol. The van der Waals surface area contributed by atoms with Crippen LogP contribution in [-0.2, 0) is 0 Å². The van der Waals surface area contributed by atoms with Crippen LogP contribution in [0.1, 0.15) is 31.4 Å². The van der Waals surface area contributed by atoms with E-state index >= 15 is 0 Å². The third-order valence-corrected chi connectivity index (χ3v) is 3.29. The van der Waals surface area contributed by atoms with Crippen molar-refractivity contribution < 1.29 is 10.2 Å². The van der Waals surface area contributed by atoms with Crippen LogP contribution < -0.4 is 5.73 Å². The lowest BCUT2D eigenvalue weighted by molar-refractivity contribution is 0.135. The third kappa shape index (κ3) is 2.33. The number of benzene rings is 2. The lowest BCUT2D eigenvalue weighted by Gasteiger charge is -2.20. The zero-order chi connectivity index (χ0) is 13.1. The normalized spacial score (nSPS) is 14.6. The Morgan fingerprint density at radius 2 is 1.78 bits per heavy atom. The first-order valence-electron chi connectivity index (χ1n) is 6.29. The number of nitrogens with two attached hydrogens (primary N) is 1. The van der Waals surface area contributed by atoms with Gasteiger partial charge in [0.2, 0.25) is 0 Å². The van der Waals surface area contributed by atoms with Crippen molar-refractivity contribution in [2.45, 2.75) is 31.9 Å². The molecule has 4 N–H and O–H groups in total. The molecule has 2 rings (SSSR count). The Morgan fingerprint density at radius 3 is 2.44 bits per heavy atom. The topological polar surface area (TPSA) is 66.5 Å². The number of phenolic OH excluding ortho intramolecular Hbond substituents is 1. The molecule has 0 aliphatic rings. The first kappa shape index (κ1) is 12.9. The molecule has 0 saturated heterocycles. The van der Waals surface area contributed by atoms with Crippen LogP contribution in [0.25, 0.3) is 10.8 Å². The number of aliphatic hydroxyl groups is 1. The molecule has 2 atom stereocenters. The van der Waals surface area contributed by atoms with E-state index in [0.717, 1.165) is 22.8 Å². The van der Waals surface area contributed by atoms with Crippen LogP contribution in [-0.4, -0.2) is 16.3 Å². The number of hydrogen-bond acceptors (Lipinski definition) is 3. The van der Waals surface area contributed by atoms with Gasteiger partial charge >= 0.3 is 0 Å². The molecule has 0 bridgehead atoms. The van der Waals surface area contributed by atoms with Gasteiger partial charge in [0.05, 0.1) is 12.1 Å². The van der Waals surface area contributed by atoms with Crippen LogP contribution in [0.15, 0.2) is 36.4 Å². The number of aromatic hydroxyl groups is 1. The van der Waals surface area contributed by atoms with Crippen LogP contribution in [0.4, 0.5) is 0 Å². The number of phenols is 1. The Kier molecular flexibility index (Phi) is 3.84. The van der Waals surface area contributed by atoms with Crippen molar-refractivity contribution in [3.8, 4) is 5.75 Å². The summed E-state index contributed by atoms with van der Waals surface area (Å²) in [7, 11) is 0. The average Bonchev–Trinajstić information content (AvgIpc) is 2.39. The molecule has 0 aliphatic carbocycles. The molecule has 3 nitrogen and oxygen atoms in total. The zero-order valence-corrected chi connectivity index (χ0v) is 10.5. The van der Waals surface area contributed by atoms with E-state index in [-0.39, 0.29) is 5.75 Å². The highest BCUT2D eigenvalue weighted by molar-refractivity contribution is 5.91. The van der Waals surface area contributed by atoms with Crippen LogP contribution >= 0.6 is 0 Å². The monoisotopic (exact) mass is 245 g/mol. The standard InChI is InChI=1S/C15H19NO2/c1-2-5-14(18)15(16)12-8-9-13(17)11-7-4-3-6-10(11)12/h3-4,6-9,14-15,17-18H,2,5,16H2,1H3/t14-,15+/m0/s1. The van der Waals surface area contributed by atoms with Gasteiger partial charge in [-0.25, -0.2) is 0 Å². The molecule has 0 saturated carbocycles. The van der Waals surface area contributed by atoms with Gasteiger partial charge < -0.3 is 15.9 Å². The molecule has 0 amide bonds. The largest absolute Gasteiger partial charge is 0.507 e. The van der Waals surface area contributed by atoms with Gasteiger partial charge in [-0.3, -0.25) is 0 Å². The second-order valence-electron chi connectivity index (χ2n) is 4.60. The second-order valence-corrected chi connectivity index (χ2v) is 4.60. The van der Waals surface area contributed by atoms with E-state index in [1.165, 1.54) is 0 Å². The van der Waals surface area contributed by atoms with Crippen LogP contribution in [0.5, 0.6) is 5.75 Å². The summed E-state index contributed by atoms with van der Waals surface area (Å²) in [5, 5.41) is 21.5. The van der Waals surface area contributed by atoms with Crippen LogP contribution in [0.3, 0.4) is 0 Å². The van der Waals surface area contributed by atoms with E-state index in [9.17, 15) is 10.2 Å². The molecule has 18 heavy (non-hydrogen) atoms. The molecule has 0 aromatic heterocycles. The number of aliphatic hydroxyl groups excluding tert-OH is 1. The van der Waals surface area contributed by atoms with Gasteiger partial charge in [-0.05, 0) is 23.4 Å². The summed E-state index contributed by atoms with van der Waals surface area (Å²) >= 11 is 0. The molecule has 0 heterocycles. The Bertz CT molecular complexity index is 539. The summed E-state index contributed by atoms with van der Waals surface area (Å²) in [6.07, 6.45) is 1.02. The van der Waals surface area contributed by atoms with E-state index in [2.05, 4.69) is 0 Å². The van der Waals surface area contributed by atoms with Crippen molar-refractivity contribution in [3.05, 3.63) is 42.0 Å². The highest BCUT2D eigenvalue weighted by atomic mass is 16.3. The van der Waals surface area contributed by atoms with Crippen molar-refractivity contribution in [3.63, 3.8) is 0 Å². The van der Waals surface area contributed by atoms with Crippen LogP contribution in [0.2, 0.25) is 0 Å². The maximum absolute atomic E-state index is 10.0. The van der Waals surface area contributed by atoms with E-state index in [4.69, 9.17) is 5.73 Å². The molecular weight excluding hydrogens is 226 g/mol. The molecule has 2 aromatic carbocycles. The van der Waals surface area contributed by atoms with Gasteiger partial charge in [-0.1, -0.05) is 43.7 Å². The average molecular weight is 245 g/mol. The molecule has 96 valence electrons. The van der Waals surface area contributed by atoms with E-state index in [0.29, 0.717) is 6.42 Å². The molecule has 0 fully saturated rings. The second kappa shape index (κ2) is 5.38. The third-order valence-electron chi connectivity index (χ3n) is 3.29. The quantitative estimate of drug-likeness (QED) is 0.776. The Balaban J connectivity index is 2.48. The lowest BCUT2D eigenvalue weighted by atomic mass is 9.94. The fourth-order valence-corrected chi connectivity index (χ4v) is 2.28. The van der Waals surface area contributed by atoms with Gasteiger partial charge in [0, 0.05) is 5.39 Å². The summed E-state index contributed by atoms with van der Waals surface area (Å²) in [5.74, 6) is 0.242. The minimum atomic E-state index is -0.553. The van der Waals surface area contributed by atoms with Gasteiger partial charge in [-0.15, -0.1) is 0 Å². The number of hydrogen-bond donors (Lipinski definition) is 3. The smallest absolute Gasteiger partial charge is 0.123 e.